The summed E-state index contributed by atoms with van der Waals surface area (Å²) < 4.78 is 0. The molecule has 77 valence electrons. The van der Waals surface area contributed by atoms with Gasteiger partial charge in [-0.2, -0.15) is 27.4 Å². The van der Waals surface area contributed by atoms with Crippen LogP contribution in [0.25, 0.3) is 0 Å². The molecule has 1 aliphatic rings. The van der Waals surface area contributed by atoms with Crippen molar-refractivity contribution in [2.75, 3.05) is 21.3 Å². The summed E-state index contributed by atoms with van der Waals surface area (Å²) in [4.78, 5) is 0. The van der Waals surface area contributed by atoms with E-state index in [4.69, 9.17) is 15.3 Å². The van der Waals surface area contributed by atoms with E-state index < -0.39 is 0 Å². The molecule has 0 aromatic heterocycles. The van der Waals surface area contributed by atoms with Crippen molar-refractivity contribution in [1.82, 2.24) is 0 Å². The second kappa shape index (κ2) is 56.3. The van der Waals surface area contributed by atoms with Gasteiger partial charge < -0.3 is 22.7 Å². The third-order valence-electron chi connectivity index (χ3n) is 0.586. The van der Waals surface area contributed by atoms with Gasteiger partial charge in [0.25, 0.3) is 0 Å². The van der Waals surface area contributed by atoms with Crippen molar-refractivity contribution in [2.45, 2.75) is 6.42 Å². The fourth-order valence-electron chi connectivity index (χ4n) is 0.340. The molecule has 0 atom stereocenters. The molecule has 4 heteroatoms. The third-order valence-corrected chi connectivity index (χ3v) is 0.586. The fourth-order valence-corrected chi connectivity index (χ4v) is 0.340. The van der Waals surface area contributed by atoms with Crippen molar-refractivity contribution in [3.63, 3.8) is 0 Å². The SMILES string of the molecule is C[O-].C[O-].C[O-].[C-]1=CC=CC1.[CH3-].[Zr+3]. The van der Waals surface area contributed by atoms with Crippen LogP contribution in [-0.2, 0) is 26.2 Å². The molecule has 13 heavy (non-hydrogen) atoms. The Morgan fingerprint density at radius 2 is 1.38 bits per heavy atom. The van der Waals surface area contributed by atoms with Gasteiger partial charge in [0.2, 0.25) is 0 Å². The van der Waals surface area contributed by atoms with Gasteiger partial charge in [-0.3, -0.25) is 6.08 Å². The zero-order chi connectivity index (χ0) is 9.54. The Hall–Kier alpha value is 0.243. The van der Waals surface area contributed by atoms with Crippen molar-refractivity contribution >= 4 is 0 Å². The van der Waals surface area contributed by atoms with Crippen LogP contribution in [0.1, 0.15) is 6.42 Å². The zero-order valence-corrected chi connectivity index (χ0v) is 11.1. The van der Waals surface area contributed by atoms with Crippen molar-refractivity contribution in [3.8, 4) is 0 Å². The van der Waals surface area contributed by atoms with Crippen molar-refractivity contribution in [2.24, 2.45) is 0 Å². The molecular weight excluding hydrogens is 247 g/mol. The molecule has 0 spiro atoms. The molecule has 0 fully saturated rings. The smallest absolute Gasteiger partial charge is 0.857 e. The molecule has 0 unspecified atom stereocenters. The van der Waals surface area contributed by atoms with Gasteiger partial charge in [-0.25, -0.2) is 12.2 Å². The number of hydrogen-bond donors (Lipinski definition) is 0. The Morgan fingerprint density at radius 1 is 1.00 bits per heavy atom. The fraction of sp³-hybridized carbons (Fsp3) is 0.444. The van der Waals surface area contributed by atoms with E-state index in [9.17, 15) is 0 Å². The minimum atomic E-state index is 0. The maximum atomic E-state index is 8.25. The van der Waals surface area contributed by atoms with Crippen LogP contribution < -0.4 is 15.3 Å². The van der Waals surface area contributed by atoms with Gasteiger partial charge in [0.1, 0.15) is 0 Å². The molecule has 0 aromatic carbocycles. The number of allylic oxidation sites excluding steroid dienone is 4. The largest absolute Gasteiger partial charge is 3.00 e. The van der Waals surface area contributed by atoms with Gasteiger partial charge in [0.05, 0.1) is 0 Å². The van der Waals surface area contributed by atoms with Crippen LogP contribution in [0.5, 0.6) is 0 Å². The van der Waals surface area contributed by atoms with Gasteiger partial charge in [-0.15, -0.1) is 6.42 Å². The van der Waals surface area contributed by atoms with Crippen LogP contribution in [-0.4, -0.2) is 21.3 Å². The summed E-state index contributed by atoms with van der Waals surface area (Å²) in [6.07, 6.45) is 10.0. The average molecular weight is 264 g/mol. The summed E-state index contributed by atoms with van der Waals surface area (Å²) in [7, 11) is 2.25. The Labute approximate surface area is 101 Å². The summed E-state index contributed by atoms with van der Waals surface area (Å²) in [5, 5.41) is 24.8. The van der Waals surface area contributed by atoms with E-state index in [1.54, 1.807) is 0 Å². The average Bonchev–Trinajstić information content (AvgIpc) is 2.71. The van der Waals surface area contributed by atoms with Crippen LogP contribution in [0.3, 0.4) is 0 Å². The van der Waals surface area contributed by atoms with Gasteiger partial charge >= 0.3 is 26.2 Å². The van der Waals surface area contributed by atoms with Gasteiger partial charge in [-0.1, -0.05) is 0 Å². The van der Waals surface area contributed by atoms with Crippen molar-refractivity contribution in [3.05, 3.63) is 31.7 Å². The second-order valence-corrected chi connectivity index (χ2v) is 1.00. The van der Waals surface area contributed by atoms with E-state index >= 15 is 0 Å². The molecule has 0 saturated heterocycles. The topological polar surface area (TPSA) is 69.2 Å². The molecule has 1 rings (SSSR count). The van der Waals surface area contributed by atoms with E-state index in [1.807, 2.05) is 12.2 Å². The van der Waals surface area contributed by atoms with Gasteiger partial charge in [0.15, 0.2) is 0 Å². The normalized spacial score (nSPS) is 8.15. The monoisotopic (exact) mass is 263 g/mol. The summed E-state index contributed by atoms with van der Waals surface area (Å²) in [6, 6.07) is 0. The molecule has 0 amide bonds. The van der Waals surface area contributed by atoms with Gasteiger partial charge in [0, 0.05) is 0 Å². The molecule has 3 nitrogen and oxygen atoms in total. The first-order chi connectivity index (χ1) is 5.50. The summed E-state index contributed by atoms with van der Waals surface area (Å²) in [5.74, 6) is 0. The number of hydrogen-bond acceptors (Lipinski definition) is 3. The van der Waals surface area contributed by atoms with E-state index in [0.717, 1.165) is 27.8 Å². The van der Waals surface area contributed by atoms with Gasteiger partial charge in [-0.05, 0) is 0 Å². The maximum absolute atomic E-state index is 8.25. The van der Waals surface area contributed by atoms with Crippen LogP contribution >= 0.6 is 0 Å². The molecule has 0 saturated carbocycles. The Bertz CT molecular complexity index is 72.9. The predicted molar refractivity (Wildman–Crippen MR) is 45.8 cm³/mol. The Kier molecular flexibility index (Phi) is 127. The summed E-state index contributed by atoms with van der Waals surface area (Å²) >= 11 is 0. The second-order valence-electron chi connectivity index (χ2n) is 1.00. The Balaban J connectivity index is -0.0000000239. The van der Waals surface area contributed by atoms with Crippen LogP contribution in [0, 0.1) is 13.5 Å². The molecule has 1 aliphatic carbocycles. The first-order valence-corrected chi connectivity index (χ1v) is 2.94. The first-order valence-electron chi connectivity index (χ1n) is 2.94. The standard InChI is InChI=1S/C5H5.3CH3O.CH3.Zr/c1-2-4-5-3-1;3*1-2;;/h1-3H,4H2;3*1H3;1H3;/q5*-1;+3. The first kappa shape index (κ1) is 29.2. The van der Waals surface area contributed by atoms with E-state index in [0.29, 0.717) is 0 Å². The molecular formula is C9H17O3Zr-2. The molecule has 0 bridgehead atoms. The molecule has 1 radical (unpaired) electrons. The van der Waals surface area contributed by atoms with Crippen molar-refractivity contribution in [1.29, 1.82) is 0 Å². The zero-order valence-electron chi connectivity index (χ0n) is 8.66. The van der Waals surface area contributed by atoms with Crippen LogP contribution in [0.4, 0.5) is 0 Å². The summed E-state index contributed by atoms with van der Waals surface area (Å²) in [6.45, 7) is 0. The predicted octanol–water partition coefficient (Wildman–Crippen LogP) is -1.32. The quantitative estimate of drug-likeness (QED) is 0.510. The molecule has 0 heterocycles. The molecule has 0 N–H and O–H groups in total. The molecule has 0 aliphatic heterocycles. The van der Waals surface area contributed by atoms with Crippen LogP contribution in [0.2, 0.25) is 0 Å². The summed E-state index contributed by atoms with van der Waals surface area (Å²) in [5.41, 5.74) is 0. The Morgan fingerprint density at radius 3 is 1.46 bits per heavy atom. The maximum Gasteiger partial charge on any atom is 3.00 e. The minimum Gasteiger partial charge on any atom is -0.857 e. The van der Waals surface area contributed by atoms with Crippen molar-refractivity contribution < 1.29 is 41.5 Å². The number of rotatable bonds is 0. The van der Waals surface area contributed by atoms with E-state index in [1.165, 1.54) is 0 Å². The minimum absolute atomic E-state index is 0. The molecule has 0 aromatic rings. The van der Waals surface area contributed by atoms with Crippen LogP contribution in [0.15, 0.2) is 18.2 Å². The third kappa shape index (κ3) is 46.7. The van der Waals surface area contributed by atoms with E-state index in [-0.39, 0.29) is 33.6 Å². The van der Waals surface area contributed by atoms with E-state index in [2.05, 4.69) is 12.2 Å².